The maximum atomic E-state index is 12.5. The van der Waals surface area contributed by atoms with E-state index >= 15 is 0 Å². The summed E-state index contributed by atoms with van der Waals surface area (Å²) in [6, 6.07) is 6.11. The molecule has 2 atom stereocenters. The normalized spacial score (nSPS) is 24.8. The number of benzene rings is 1. The van der Waals surface area contributed by atoms with Crippen molar-refractivity contribution in [1.82, 2.24) is 9.80 Å². The molecule has 2 heterocycles. The van der Waals surface area contributed by atoms with Crippen LogP contribution in [0.5, 0.6) is 0 Å². The molecule has 2 aliphatic rings. The quantitative estimate of drug-likeness (QED) is 0.803. The van der Waals surface area contributed by atoms with Crippen LogP contribution in [0.4, 0.5) is 4.79 Å². The van der Waals surface area contributed by atoms with Gasteiger partial charge in [-0.25, -0.2) is 9.59 Å². The van der Waals surface area contributed by atoms with Crippen molar-refractivity contribution in [2.24, 2.45) is 0 Å². The molecule has 3 rings (SSSR count). The molecule has 6 nitrogen and oxygen atoms in total. The van der Waals surface area contributed by atoms with Gasteiger partial charge in [0, 0.05) is 19.6 Å². The predicted molar refractivity (Wildman–Crippen MR) is 74.8 cm³/mol. The largest absolute Gasteiger partial charge is 0.479 e. The zero-order chi connectivity index (χ0) is 15.0. The number of fused-ring (bicyclic) bond motifs is 1. The Morgan fingerprint density at radius 2 is 1.95 bits per heavy atom. The molecule has 1 aromatic carbocycles. The number of aliphatic hydroxyl groups is 1. The minimum Gasteiger partial charge on any atom is -0.479 e. The van der Waals surface area contributed by atoms with Gasteiger partial charge in [0.15, 0.2) is 6.04 Å². The third-order valence-electron chi connectivity index (χ3n) is 4.20. The van der Waals surface area contributed by atoms with Gasteiger partial charge in [0.25, 0.3) is 0 Å². The molecule has 2 N–H and O–H groups in total. The van der Waals surface area contributed by atoms with E-state index in [0.29, 0.717) is 31.5 Å². The van der Waals surface area contributed by atoms with Crippen LogP contribution in [0.25, 0.3) is 0 Å². The Labute approximate surface area is 122 Å². The summed E-state index contributed by atoms with van der Waals surface area (Å²) in [5.74, 6) is -1.02. The lowest BCUT2D eigenvalue weighted by Crippen LogP contribution is -2.49. The molecule has 0 spiro atoms. The third-order valence-corrected chi connectivity index (χ3v) is 4.20. The molecule has 21 heavy (non-hydrogen) atoms. The van der Waals surface area contributed by atoms with Gasteiger partial charge >= 0.3 is 12.0 Å². The molecule has 0 aliphatic carbocycles. The van der Waals surface area contributed by atoms with Crippen LogP contribution in [0.2, 0.25) is 0 Å². The fraction of sp³-hybridized carbons (Fsp3) is 0.467. The van der Waals surface area contributed by atoms with Gasteiger partial charge in [0.1, 0.15) is 0 Å². The lowest BCUT2D eigenvalue weighted by molar-refractivity contribution is -0.143. The zero-order valence-corrected chi connectivity index (χ0v) is 11.6. The van der Waals surface area contributed by atoms with Crippen molar-refractivity contribution < 1.29 is 19.8 Å². The third kappa shape index (κ3) is 2.47. The van der Waals surface area contributed by atoms with Crippen molar-refractivity contribution in [2.45, 2.75) is 25.0 Å². The highest BCUT2D eigenvalue weighted by atomic mass is 16.4. The van der Waals surface area contributed by atoms with Gasteiger partial charge in [0.2, 0.25) is 0 Å². The van der Waals surface area contributed by atoms with Crippen molar-refractivity contribution in [3.05, 3.63) is 35.4 Å². The average Bonchev–Trinajstić information content (AvgIpc) is 2.91. The molecule has 2 aliphatic heterocycles. The standard InChI is InChI=1S/C15H18N2O4/c18-11-6-7-16(9-11)15(21)17-8-5-10-3-1-2-4-12(10)13(17)14(19)20/h1-4,11,13,18H,5-9H2,(H,19,20). The van der Waals surface area contributed by atoms with Crippen molar-refractivity contribution in [3.8, 4) is 0 Å². The predicted octanol–water partition coefficient (Wildman–Crippen LogP) is 0.857. The summed E-state index contributed by atoms with van der Waals surface area (Å²) in [5.41, 5.74) is 1.67. The molecule has 0 aromatic heterocycles. The van der Waals surface area contributed by atoms with Crippen LogP contribution in [-0.2, 0) is 11.2 Å². The van der Waals surface area contributed by atoms with Gasteiger partial charge in [-0.05, 0) is 24.0 Å². The van der Waals surface area contributed by atoms with E-state index in [1.807, 2.05) is 12.1 Å². The minimum atomic E-state index is -1.02. The fourth-order valence-corrected chi connectivity index (χ4v) is 3.14. The minimum absolute atomic E-state index is 0.281. The number of hydrogen-bond acceptors (Lipinski definition) is 3. The number of aliphatic hydroxyl groups excluding tert-OH is 1. The van der Waals surface area contributed by atoms with Crippen molar-refractivity contribution in [2.75, 3.05) is 19.6 Å². The monoisotopic (exact) mass is 290 g/mol. The summed E-state index contributed by atoms with van der Waals surface area (Å²) in [6.45, 7) is 1.15. The second-order valence-electron chi connectivity index (χ2n) is 5.55. The van der Waals surface area contributed by atoms with Crippen LogP contribution in [-0.4, -0.2) is 57.8 Å². The lowest BCUT2D eigenvalue weighted by atomic mass is 9.93. The number of carboxylic acid groups (broad SMARTS) is 1. The highest BCUT2D eigenvalue weighted by molar-refractivity contribution is 5.85. The van der Waals surface area contributed by atoms with Crippen LogP contribution in [0, 0.1) is 0 Å². The molecule has 0 saturated carbocycles. The summed E-state index contributed by atoms with van der Waals surface area (Å²) in [5, 5.41) is 19.1. The number of urea groups is 1. The van der Waals surface area contributed by atoms with Crippen molar-refractivity contribution in [1.29, 1.82) is 0 Å². The highest BCUT2D eigenvalue weighted by Gasteiger charge is 2.39. The van der Waals surface area contributed by atoms with Crippen LogP contribution >= 0.6 is 0 Å². The summed E-state index contributed by atoms with van der Waals surface area (Å²) >= 11 is 0. The Morgan fingerprint density at radius 1 is 1.19 bits per heavy atom. The molecular weight excluding hydrogens is 272 g/mol. The summed E-state index contributed by atoms with van der Waals surface area (Å²) < 4.78 is 0. The van der Waals surface area contributed by atoms with Gasteiger partial charge in [-0.15, -0.1) is 0 Å². The van der Waals surface area contributed by atoms with Gasteiger partial charge < -0.3 is 20.0 Å². The number of carboxylic acids is 1. The Morgan fingerprint density at radius 3 is 2.62 bits per heavy atom. The maximum absolute atomic E-state index is 12.5. The van der Waals surface area contributed by atoms with Crippen LogP contribution in [0.15, 0.2) is 24.3 Å². The molecule has 1 aromatic rings. The van der Waals surface area contributed by atoms with E-state index in [4.69, 9.17) is 0 Å². The number of aliphatic carboxylic acids is 1. The molecule has 2 amide bonds. The van der Waals surface area contributed by atoms with Crippen LogP contribution in [0.3, 0.4) is 0 Å². The summed E-state index contributed by atoms with van der Waals surface area (Å²) in [7, 11) is 0. The number of rotatable bonds is 1. The first-order chi connectivity index (χ1) is 10.1. The molecule has 1 fully saturated rings. The number of carbonyl (C=O) groups is 2. The van der Waals surface area contributed by atoms with E-state index in [-0.39, 0.29) is 12.6 Å². The smallest absolute Gasteiger partial charge is 0.331 e. The molecule has 0 bridgehead atoms. The molecule has 112 valence electrons. The van der Waals surface area contributed by atoms with Crippen LogP contribution in [0.1, 0.15) is 23.6 Å². The SMILES string of the molecule is O=C(O)C1c2ccccc2CCN1C(=O)N1CCC(O)C1. The first kappa shape index (κ1) is 13.9. The Hall–Kier alpha value is -2.08. The van der Waals surface area contributed by atoms with Crippen LogP contribution < -0.4 is 0 Å². The fourth-order valence-electron chi connectivity index (χ4n) is 3.14. The van der Waals surface area contributed by atoms with Gasteiger partial charge in [-0.3, -0.25) is 0 Å². The number of likely N-dealkylation sites (tertiary alicyclic amines) is 1. The van der Waals surface area contributed by atoms with Gasteiger partial charge in [-0.1, -0.05) is 24.3 Å². The van der Waals surface area contributed by atoms with Crippen molar-refractivity contribution in [3.63, 3.8) is 0 Å². The van der Waals surface area contributed by atoms with E-state index < -0.39 is 18.1 Å². The first-order valence-corrected chi connectivity index (χ1v) is 7.12. The highest BCUT2D eigenvalue weighted by Crippen LogP contribution is 2.31. The number of nitrogens with zero attached hydrogens (tertiary/aromatic N) is 2. The van der Waals surface area contributed by atoms with E-state index in [1.54, 1.807) is 12.1 Å². The first-order valence-electron chi connectivity index (χ1n) is 7.12. The topological polar surface area (TPSA) is 81.1 Å². The van der Waals surface area contributed by atoms with Crippen molar-refractivity contribution >= 4 is 12.0 Å². The average molecular weight is 290 g/mol. The number of amides is 2. The van der Waals surface area contributed by atoms with E-state index in [0.717, 1.165) is 5.56 Å². The second-order valence-corrected chi connectivity index (χ2v) is 5.55. The lowest BCUT2D eigenvalue weighted by Gasteiger charge is -2.37. The zero-order valence-electron chi connectivity index (χ0n) is 11.6. The second kappa shape index (κ2) is 5.37. The summed E-state index contributed by atoms with van der Waals surface area (Å²) in [6.07, 6.45) is 0.699. The Kier molecular flexibility index (Phi) is 3.55. The molecule has 0 radical (unpaired) electrons. The van der Waals surface area contributed by atoms with E-state index in [2.05, 4.69) is 0 Å². The van der Waals surface area contributed by atoms with Gasteiger partial charge in [0.05, 0.1) is 6.10 Å². The summed E-state index contributed by atoms with van der Waals surface area (Å²) in [4.78, 5) is 27.1. The Balaban J connectivity index is 1.89. The van der Waals surface area contributed by atoms with E-state index in [9.17, 15) is 19.8 Å². The number of carbonyl (C=O) groups excluding carboxylic acids is 1. The van der Waals surface area contributed by atoms with E-state index in [1.165, 1.54) is 9.80 Å². The van der Waals surface area contributed by atoms with Gasteiger partial charge in [-0.2, -0.15) is 0 Å². The number of hydrogen-bond donors (Lipinski definition) is 2. The molecule has 6 heteroatoms. The number of β-amino-alcohol motifs (C(OH)–C–C–N with tert-alkyl or cyclic N) is 1. The Bertz CT molecular complexity index is 575. The molecule has 2 unspecified atom stereocenters. The molecule has 1 saturated heterocycles. The molecular formula is C15H18N2O4. The maximum Gasteiger partial charge on any atom is 0.331 e.